The van der Waals surface area contributed by atoms with Crippen LogP contribution in [-0.2, 0) is 22.1 Å². The summed E-state index contributed by atoms with van der Waals surface area (Å²) in [6.45, 7) is 0.323. The van der Waals surface area contributed by atoms with Gasteiger partial charge in [0.15, 0.2) is 0 Å². The molecule has 0 saturated carbocycles. The molecule has 0 fully saturated rings. The summed E-state index contributed by atoms with van der Waals surface area (Å²) < 4.78 is 70.1. The smallest absolute Gasteiger partial charge is 0.416 e. The molecule has 29 heavy (non-hydrogen) atoms. The molecule has 0 amide bonds. The first-order valence-electron chi connectivity index (χ1n) is 9.16. The summed E-state index contributed by atoms with van der Waals surface area (Å²) >= 11 is 0. The standard InChI is InChI=1S/C21H18F4O4/c1-27-19(26)8-11-10-28-18-9-12(2-3-13(11)18)29-17-7-4-14-15(21(23,24)25)5-6-16(22)20(14)17/h2-3,5-6,9,11,17H,4,7-8,10H2,1H3/t11-,17-/m1/s1. The largest absolute Gasteiger partial charge is 0.492 e. The van der Waals surface area contributed by atoms with Crippen LogP contribution in [0.15, 0.2) is 30.3 Å². The monoisotopic (exact) mass is 410 g/mol. The van der Waals surface area contributed by atoms with Crippen LogP contribution in [-0.4, -0.2) is 19.7 Å². The molecule has 0 N–H and O–H groups in total. The third-order valence-electron chi connectivity index (χ3n) is 5.37. The number of benzene rings is 2. The topological polar surface area (TPSA) is 44.8 Å². The van der Waals surface area contributed by atoms with E-state index < -0.39 is 23.7 Å². The fourth-order valence-electron chi connectivity index (χ4n) is 4.00. The minimum Gasteiger partial charge on any atom is -0.492 e. The number of fused-ring (bicyclic) bond motifs is 2. The Labute approximate surface area is 164 Å². The van der Waals surface area contributed by atoms with Crippen molar-refractivity contribution in [2.75, 3.05) is 13.7 Å². The Morgan fingerprint density at radius 2 is 2.03 bits per heavy atom. The van der Waals surface area contributed by atoms with Gasteiger partial charge in [0.25, 0.3) is 0 Å². The molecule has 0 aromatic heterocycles. The third-order valence-corrected chi connectivity index (χ3v) is 5.37. The molecule has 4 rings (SSSR count). The fourth-order valence-corrected chi connectivity index (χ4v) is 4.00. The van der Waals surface area contributed by atoms with E-state index in [2.05, 4.69) is 4.74 Å². The summed E-state index contributed by atoms with van der Waals surface area (Å²) in [6.07, 6.45) is -4.82. The van der Waals surface area contributed by atoms with E-state index in [1.54, 1.807) is 18.2 Å². The van der Waals surface area contributed by atoms with Crippen LogP contribution in [0, 0.1) is 5.82 Å². The molecule has 0 saturated heterocycles. The number of alkyl halides is 3. The molecule has 0 unspecified atom stereocenters. The average Bonchev–Trinajstić information content (AvgIpc) is 3.26. The van der Waals surface area contributed by atoms with Gasteiger partial charge < -0.3 is 14.2 Å². The van der Waals surface area contributed by atoms with Gasteiger partial charge in [-0.25, -0.2) is 4.39 Å². The number of carbonyl (C=O) groups excluding carboxylic acids is 1. The summed E-state index contributed by atoms with van der Waals surface area (Å²) in [5.74, 6) is -0.266. The lowest BCUT2D eigenvalue weighted by molar-refractivity contribution is -0.141. The molecule has 1 aliphatic heterocycles. The van der Waals surface area contributed by atoms with Crippen molar-refractivity contribution >= 4 is 5.97 Å². The highest BCUT2D eigenvalue weighted by molar-refractivity contribution is 5.71. The van der Waals surface area contributed by atoms with E-state index in [4.69, 9.17) is 9.47 Å². The number of halogens is 4. The van der Waals surface area contributed by atoms with Crippen LogP contribution in [0.1, 0.15) is 47.1 Å². The molecule has 4 nitrogen and oxygen atoms in total. The van der Waals surface area contributed by atoms with E-state index in [1.807, 2.05) is 0 Å². The number of methoxy groups -OCH3 is 1. The van der Waals surface area contributed by atoms with Crippen LogP contribution >= 0.6 is 0 Å². The predicted octanol–water partition coefficient (Wildman–Crippen LogP) is 4.95. The van der Waals surface area contributed by atoms with Crippen LogP contribution in [0.3, 0.4) is 0 Å². The Morgan fingerprint density at radius 1 is 1.24 bits per heavy atom. The van der Waals surface area contributed by atoms with Gasteiger partial charge >= 0.3 is 12.1 Å². The average molecular weight is 410 g/mol. The molecule has 2 atom stereocenters. The van der Waals surface area contributed by atoms with Gasteiger partial charge in [-0.1, -0.05) is 6.07 Å². The van der Waals surface area contributed by atoms with Crippen molar-refractivity contribution in [3.63, 3.8) is 0 Å². The molecule has 0 bridgehead atoms. The summed E-state index contributed by atoms with van der Waals surface area (Å²) in [4.78, 5) is 11.5. The Hall–Kier alpha value is -2.77. The maximum atomic E-state index is 14.3. The lowest BCUT2D eigenvalue weighted by atomic mass is 9.98. The molecule has 1 aliphatic carbocycles. The Balaban J connectivity index is 1.57. The molecular formula is C21H18F4O4. The van der Waals surface area contributed by atoms with Crippen molar-refractivity contribution in [1.82, 2.24) is 0 Å². The van der Waals surface area contributed by atoms with E-state index in [-0.39, 0.29) is 42.3 Å². The fraction of sp³-hybridized carbons (Fsp3) is 0.381. The minimum atomic E-state index is -4.54. The van der Waals surface area contributed by atoms with Gasteiger partial charge in [0.05, 0.1) is 25.7 Å². The summed E-state index contributed by atoms with van der Waals surface area (Å²) in [7, 11) is 1.32. The molecular weight excluding hydrogens is 392 g/mol. The first-order chi connectivity index (χ1) is 13.8. The van der Waals surface area contributed by atoms with Crippen LogP contribution in [0.2, 0.25) is 0 Å². The quantitative estimate of drug-likeness (QED) is 0.529. The Kier molecular flexibility index (Phi) is 4.88. The maximum absolute atomic E-state index is 14.3. The molecule has 0 radical (unpaired) electrons. The van der Waals surface area contributed by atoms with Gasteiger partial charge in [0, 0.05) is 23.1 Å². The summed E-state index contributed by atoms with van der Waals surface area (Å²) in [5.41, 5.74) is -0.0640. The first-order valence-corrected chi connectivity index (χ1v) is 9.16. The van der Waals surface area contributed by atoms with Gasteiger partial charge in [-0.05, 0) is 36.6 Å². The molecule has 2 aromatic carbocycles. The normalized spacial score (nSPS) is 20.0. The second kappa shape index (κ2) is 7.24. The Bertz CT molecular complexity index is 954. The van der Waals surface area contributed by atoms with E-state index in [9.17, 15) is 22.4 Å². The van der Waals surface area contributed by atoms with Crippen LogP contribution < -0.4 is 9.47 Å². The van der Waals surface area contributed by atoms with Gasteiger partial charge in [0.1, 0.15) is 23.4 Å². The van der Waals surface area contributed by atoms with Gasteiger partial charge in [-0.2, -0.15) is 13.2 Å². The maximum Gasteiger partial charge on any atom is 0.416 e. The number of rotatable bonds is 4. The predicted molar refractivity (Wildman–Crippen MR) is 94.4 cm³/mol. The first kappa shape index (κ1) is 19.5. The molecule has 154 valence electrons. The van der Waals surface area contributed by atoms with Crippen molar-refractivity contribution in [1.29, 1.82) is 0 Å². The second-order valence-corrected chi connectivity index (χ2v) is 7.12. The zero-order chi connectivity index (χ0) is 20.8. The number of hydrogen-bond donors (Lipinski definition) is 0. The van der Waals surface area contributed by atoms with Crippen molar-refractivity contribution in [3.8, 4) is 11.5 Å². The minimum absolute atomic E-state index is 0.0372. The molecule has 0 spiro atoms. The summed E-state index contributed by atoms with van der Waals surface area (Å²) in [5, 5.41) is 0. The van der Waals surface area contributed by atoms with Gasteiger partial charge in [0.2, 0.25) is 0 Å². The second-order valence-electron chi connectivity index (χ2n) is 7.12. The summed E-state index contributed by atoms with van der Waals surface area (Å²) in [6, 6.07) is 6.65. The number of carbonyl (C=O) groups is 1. The molecule has 2 aromatic rings. The van der Waals surface area contributed by atoms with Crippen molar-refractivity contribution in [3.05, 3.63) is 58.4 Å². The van der Waals surface area contributed by atoms with E-state index in [0.717, 1.165) is 17.7 Å². The van der Waals surface area contributed by atoms with Crippen molar-refractivity contribution < 1.29 is 36.6 Å². The Morgan fingerprint density at radius 3 is 2.76 bits per heavy atom. The van der Waals surface area contributed by atoms with E-state index in [1.165, 1.54) is 7.11 Å². The SMILES string of the molecule is COC(=O)C[C@@H]1COc2cc(O[C@@H]3CCc4c(C(F)(F)F)ccc(F)c43)ccc21. The van der Waals surface area contributed by atoms with Crippen LogP contribution in [0.25, 0.3) is 0 Å². The molecule has 2 aliphatic rings. The highest BCUT2D eigenvalue weighted by atomic mass is 19.4. The molecule has 8 heteroatoms. The van der Waals surface area contributed by atoms with E-state index >= 15 is 0 Å². The van der Waals surface area contributed by atoms with Crippen LogP contribution in [0.4, 0.5) is 17.6 Å². The highest BCUT2D eigenvalue weighted by Crippen LogP contribution is 2.45. The zero-order valence-electron chi connectivity index (χ0n) is 15.5. The number of esters is 1. The highest BCUT2D eigenvalue weighted by Gasteiger charge is 2.39. The zero-order valence-corrected chi connectivity index (χ0v) is 15.5. The lowest BCUT2D eigenvalue weighted by Crippen LogP contribution is -2.11. The van der Waals surface area contributed by atoms with E-state index in [0.29, 0.717) is 18.1 Å². The third kappa shape index (κ3) is 3.63. The number of ether oxygens (including phenoxy) is 3. The number of hydrogen-bond acceptors (Lipinski definition) is 4. The van der Waals surface area contributed by atoms with Gasteiger partial charge in [-0.3, -0.25) is 4.79 Å². The van der Waals surface area contributed by atoms with Crippen molar-refractivity contribution in [2.45, 2.75) is 37.5 Å². The van der Waals surface area contributed by atoms with Crippen LogP contribution in [0.5, 0.6) is 11.5 Å². The van der Waals surface area contributed by atoms with Gasteiger partial charge in [-0.15, -0.1) is 0 Å². The van der Waals surface area contributed by atoms with Crippen molar-refractivity contribution in [2.24, 2.45) is 0 Å². The molecule has 1 heterocycles. The lowest BCUT2D eigenvalue weighted by Gasteiger charge is -2.18.